The van der Waals surface area contributed by atoms with E-state index in [1.54, 1.807) is 13.8 Å². The minimum Gasteiger partial charge on any atom is -0.494 e. The van der Waals surface area contributed by atoms with Gasteiger partial charge in [-0.25, -0.2) is 9.78 Å². The van der Waals surface area contributed by atoms with Crippen molar-refractivity contribution in [3.05, 3.63) is 45.4 Å². The molecule has 7 heteroatoms. The van der Waals surface area contributed by atoms with Gasteiger partial charge in [0.2, 0.25) is 5.91 Å². The summed E-state index contributed by atoms with van der Waals surface area (Å²) in [4.78, 5) is 27.7. The third kappa shape index (κ3) is 4.55. The number of nitrogens with one attached hydrogen (secondary N) is 1. The number of hydrogen-bond donors (Lipinski definition) is 2. The highest BCUT2D eigenvalue weighted by Gasteiger charge is 2.19. The summed E-state index contributed by atoms with van der Waals surface area (Å²) in [5, 5.41) is 12.5. The molecule has 0 bridgehead atoms. The van der Waals surface area contributed by atoms with Crippen molar-refractivity contribution < 1.29 is 19.4 Å². The maximum Gasteiger partial charge on any atom is 0.347 e. The normalized spacial score (nSPS) is 11.8. The number of hydrogen-bond acceptors (Lipinski definition) is 5. The fourth-order valence-corrected chi connectivity index (χ4v) is 3.12. The number of carbonyl (C=O) groups excluding carboxylic acids is 1. The molecular weight excluding hydrogens is 328 g/mol. The van der Waals surface area contributed by atoms with Crippen LogP contribution in [-0.2, 0) is 11.2 Å². The molecule has 0 fully saturated rings. The first-order valence-corrected chi connectivity index (χ1v) is 8.44. The first kappa shape index (κ1) is 17.9. The number of amides is 1. The second-order valence-electron chi connectivity index (χ2n) is 5.31. The maximum atomic E-state index is 12.2. The van der Waals surface area contributed by atoms with Gasteiger partial charge < -0.3 is 15.2 Å². The Hall–Kier alpha value is -2.41. The summed E-state index contributed by atoms with van der Waals surface area (Å²) in [5.74, 6) is -0.366. The highest BCUT2D eigenvalue weighted by atomic mass is 32.1. The lowest BCUT2D eigenvalue weighted by molar-refractivity contribution is -0.121. The van der Waals surface area contributed by atoms with E-state index in [-0.39, 0.29) is 23.2 Å². The van der Waals surface area contributed by atoms with Gasteiger partial charge in [-0.15, -0.1) is 11.3 Å². The topological polar surface area (TPSA) is 88.5 Å². The van der Waals surface area contributed by atoms with Crippen LogP contribution >= 0.6 is 11.3 Å². The van der Waals surface area contributed by atoms with Crippen LogP contribution in [0.4, 0.5) is 0 Å². The van der Waals surface area contributed by atoms with Crippen molar-refractivity contribution in [2.75, 3.05) is 6.61 Å². The maximum absolute atomic E-state index is 12.2. The van der Waals surface area contributed by atoms with Crippen molar-refractivity contribution in [1.29, 1.82) is 0 Å². The van der Waals surface area contributed by atoms with Crippen LogP contribution in [0.3, 0.4) is 0 Å². The van der Waals surface area contributed by atoms with Crippen LogP contribution in [-0.4, -0.2) is 28.6 Å². The smallest absolute Gasteiger partial charge is 0.347 e. The zero-order valence-corrected chi connectivity index (χ0v) is 14.6. The zero-order chi connectivity index (χ0) is 17.7. The molecule has 0 radical (unpaired) electrons. The van der Waals surface area contributed by atoms with E-state index in [2.05, 4.69) is 10.3 Å². The van der Waals surface area contributed by atoms with Crippen LogP contribution in [0.15, 0.2) is 24.3 Å². The summed E-state index contributed by atoms with van der Waals surface area (Å²) in [6.07, 6.45) is 0.243. The molecule has 1 heterocycles. The van der Waals surface area contributed by atoms with Crippen LogP contribution in [0.2, 0.25) is 0 Å². The molecule has 2 N–H and O–H groups in total. The standard InChI is InChI=1S/C17H20N2O4S/c1-4-23-13-7-5-12(6-8-13)9-14(20)18-11(3)16-19-10(2)15(24-16)17(21)22/h5-8,11H,4,9H2,1-3H3,(H,18,20)(H,21,22). The first-order valence-electron chi connectivity index (χ1n) is 7.62. The number of aryl methyl sites for hydroxylation is 1. The summed E-state index contributed by atoms with van der Waals surface area (Å²) in [6.45, 7) is 5.96. The number of ether oxygens (including phenoxy) is 1. The van der Waals surface area contributed by atoms with E-state index in [4.69, 9.17) is 9.84 Å². The Morgan fingerprint density at radius 1 is 1.33 bits per heavy atom. The minimum atomic E-state index is -0.996. The van der Waals surface area contributed by atoms with Gasteiger partial charge in [0.1, 0.15) is 15.6 Å². The van der Waals surface area contributed by atoms with Crippen LogP contribution in [0, 0.1) is 6.92 Å². The largest absolute Gasteiger partial charge is 0.494 e. The second-order valence-corrected chi connectivity index (χ2v) is 6.35. The van der Waals surface area contributed by atoms with Crippen LogP contribution in [0.5, 0.6) is 5.75 Å². The number of carboxylic acid groups (broad SMARTS) is 1. The van der Waals surface area contributed by atoms with E-state index < -0.39 is 5.97 Å². The van der Waals surface area contributed by atoms with Crippen LogP contribution in [0.25, 0.3) is 0 Å². The van der Waals surface area contributed by atoms with Crippen molar-refractivity contribution in [1.82, 2.24) is 10.3 Å². The van der Waals surface area contributed by atoms with E-state index in [0.717, 1.165) is 22.6 Å². The fourth-order valence-electron chi connectivity index (χ4n) is 2.21. The average molecular weight is 348 g/mol. The van der Waals surface area contributed by atoms with Gasteiger partial charge in [-0.05, 0) is 38.5 Å². The SMILES string of the molecule is CCOc1ccc(CC(=O)NC(C)c2nc(C)c(C(=O)O)s2)cc1. The number of carboxylic acids is 1. The Bertz CT molecular complexity index is 725. The molecule has 1 aromatic carbocycles. The molecule has 1 amide bonds. The fraction of sp³-hybridized carbons (Fsp3) is 0.353. The lowest BCUT2D eigenvalue weighted by Crippen LogP contribution is -2.28. The predicted molar refractivity (Wildman–Crippen MR) is 91.7 cm³/mol. The third-order valence-electron chi connectivity index (χ3n) is 3.35. The monoisotopic (exact) mass is 348 g/mol. The minimum absolute atomic E-state index is 0.142. The molecule has 0 aliphatic heterocycles. The molecule has 0 spiro atoms. The molecule has 0 saturated carbocycles. The highest BCUT2D eigenvalue weighted by Crippen LogP contribution is 2.23. The molecule has 0 aliphatic rings. The van der Waals surface area contributed by atoms with Gasteiger partial charge in [-0.2, -0.15) is 0 Å². The molecule has 1 atom stereocenters. The zero-order valence-electron chi connectivity index (χ0n) is 13.8. The summed E-state index contributed by atoms with van der Waals surface area (Å²) in [7, 11) is 0. The summed E-state index contributed by atoms with van der Waals surface area (Å²) < 4.78 is 5.37. The summed E-state index contributed by atoms with van der Waals surface area (Å²) in [6, 6.07) is 7.03. The van der Waals surface area contributed by atoms with Gasteiger partial charge in [-0.3, -0.25) is 4.79 Å². The Balaban J connectivity index is 1.96. The molecular formula is C17H20N2O4S. The van der Waals surface area contributed by atoms with Crippen molar-refractivity contribution in [2.24, 2.45) is 0 Å². The number of aromatic carboxylic acids is 1. The van der Waals surface area contributed by atoms with Gasteiger partial charge in [0.25, 0.3) is 0 Å². The number of carbonyl (C=O) groups is 2. The molecule has 1 unspecified atom stereocenters. The van der Waals surface area contributed by atoms with E-state index in [1.165, 1.54) is 0 Å². The van der Waals surface area contributed by atoms with Gasteiger partial charge in [-0.1, -0.05) is 12.1 Å². The Morgan fingerprint density at radius 2 is 2.00 bits per heavy atom. The van der Waals surface area contributed by atoms with Crippen molar-refractivity contribution in [2.45, 2.75) is 33.2 Å². The van der Waals surface area contributed by atoms with Crippen molar-refractivity contribution in [3.8, 4) is 5.75 Å². The number of aromatic nitrogens is 1. The van der Waals surface area contributed by atoms with Crippen LogP contribution in [0.1, 0.15) is 45.8 Å². The van der Waals surface area contributed by atoms with Crippen molar-refractivity contribution >= 4 is 23.2 Å². The van der Waals surface area contributed by atoms with E-state index >= 15 is 0 Å². The van der Waals surface area contributed by atoms with Gasteiger partial charge in [0.15, 0.2) is 0 Å². The quantitative estimate of drug-likeness (QED) is 0.803. The number of nitrogens with zero attached hydrogens (tertiary/aromatic N) is 1. The molecule has 0 aliphatic carbocycles. The average Bonchev–Trinajstić information content (AvgIpc) is 2.92. The highest BCUT2D eigenvalue weighted by molar-refractivity contribution is 7.13. The number of rotatable bonds is 7. The molecule has 24 heavy (non-hydrogen) atoms. The van der Waals surface area contributed by atoms with Gasteiger partial charge in [0.05, 0.1) is 24.8 Å². The number of benzene rings is 1. The Morgan fingerprint density at radius 3 is 2.54 bits per heavy atom. The molecule has 0 saturated heterocycles. The Kier molecular flexibility index (Phi) is 5.92. The summed E-state index contributed by atoms with van der Waals surface area (Å²) in [5.41, 5.74) is 1.35. The molecule has 1 aromatic heterocycles. The van der Waals surface area contributed by atoms with Gasteiger partial charge in [0, 0.05) is 0 Å². The molecule has 6 nitrogen and oxygen atoms in total. The lowest BCUT2D eigenvalue weighted by Gasteiger charge is -2.11. The van der Waals surface area contributed by atoms with E-state index in [9.17, 15) is 9.59 Å². The Labute approximate surface area is 144 Å². The summed E-state index contributed by atoms with van der Waals surface area (Å²) >= 11 is 1.09. The number of thiazole rings is 1. The molecule has 2 rings (SSSR count). The first-order chi connectivity index (χ1) is 11.4. The van der Waals surface area contributed by atoms with Crippen LogP contribution < -0.4 is 10.1 Å². The van der Waals surface area contributed by atoms with E-state index in [0.29, 0.717) is 17.3 Å². The van der Waals surface area contributed by atoms with Gasteiger partial charge >= 0.3 is 5.97 Å². The second kappa shape index (κ2) is 7.92. The van der Waals surface area contributed by atoms with Crippen molar-refractivity contribution in [3.63, 3.8) is 0 Å². The lowest BCUT2D eigenvalue weighted by atomic mass is 10.1. The molecule has 2 aromatic rings. The van der Waals surface area contributed by atoms with E-state index in [1.807, 2.05) is 31.2 Å². The third-order valence-corrected chi connectivity index (χ3v) is 4.68. The molecule has 128 valence electrons. The predicted octanol–water partition coefficient (Wildman–Crippen LogP) is 2.97.